The normalized spacial score (nSPS) is 18.6. The Morgan fingerprint density at radius 3 is 3.11 bits per heavy atom. The van der Waals surface area contributed by atoms with Gasteiger partial charge in [-0.3, -0.25) is 0 Å². The lowest BCUT2D eigenvalue weighted by molar-refractivity contribution is 0.469. The van der Waals surface area contributed by atoms with Crippen LogP contribution in [-0.2, 0) is 19.9 Å². The highest BCUT2D eigenvalue weighted by Gasteiger charge is 2.19. The highest BCUT2D eigenvalue weighted by atomic mass is 15.0. The first-order valence-electron chi connectivity index (χ1n) is 6.62. The van der Waals surface area contributed by atoms with Crippen molar-refractivity contribution in [3.05, 3.63) is 53.6 Å². The zero-order valence-corrected chi connectivity index (χ0v) is 10.8. The summed E-state index contributed by atoms with van der Waals surface area (Å²) in [7, 11) is 2.06. The van der Waals surface area contributed by atoms with Gasteiger partial charge in [0, 0.05) is 31.9 Å². The molecule has 0 saturated heterocycles. The van der Waals surface area contributed by atoms with Gasteiger partial charge in [-0.1, -0.05) is 24.3 Å². The van der Waals surface area contributed by atoms with E-state index in [1.54, 1.807) is 0 Å². The third-order valence-electron chi connectivity index (χ3n) is 3.79. The molecule has 2 heterocycles. The Hall–Kier alpha value is -1.61. The second-order valence-corrected chi connectivity index (χ2v) is 4.95. The molecule has 0 radical (unpaired) electrons. The van der Waals surface area contributed by atoms with Crippen molar-refractivity contribution in [3.8, 4) is 0 Å². The van der Waals surface area contributed by atoms with Gasteiger partial charge in [0.2, 0.25) is 0 Å². The lowest BCUT2D eigenvalue weighted by Gasteiger charge is -2.26. The molecule has 1 N–H and O–H groups in total. The van der Waals surface area contributed by atoms with Gasteiger partial charge in [-0.25, -0.2) is 4.98 Å². The third kappa shape index (κ3) is 2.18. The van der Waals surface area contributed by atoms with E-state index in [1.807, 2.05) is 12.4 Å². The first kappa shape index (κ1) is 11.5. The van der Waals surface area contributed by atoms with Gasteiger partial charge in [-0.15, -0.1) is 0 Å². The molecule has 1 aromatic heterocycles. The fraction of sp³-hybridized carbons (Fsp3) is 0.400. The van der Waals surface area contributed by atoms with E-state index in [1.165, 1.54) is 17.0 Å². The Morgan fingerprint density at radius 1 is 1.39 bits per heavy atom. The van der Waals surface area contributed by atoms with Crippen molar-refractivity contribution in [2.24, 2.45) is 7.05 Å². The molecule has 1 aliphatic rings. The van der Waals surface area contributed by atoms with Gasteiger partial charge in [0.1, 0.15) is 5.82 Å². The number of rotatable bonds is 3. The van der Waals surface area contributed by atoms with Crippen LogP contribution in [0.15, 0.2) is 36.7 Å². The number of aryl methyl sites for hydroxylation is 2. The minimum absolute atomic E-state index is 0.478. The monoisotopic (exact) mass is 241 g/mol. The molecule has 18 heavy (non-hydrogen) atoms. The fourth-order valence-corrected chi connectivity index (χ4v) is 2.76. The van der Waals surface area contributed by atoms with Crippen molar-refractivity contribution < 1.29 is 0 Å². The maximum Gasteiger partial charge on any atom is 0.108 e. The molecular formula is C15H19N3. The summed E-state index contributed by atoms with van der Waals surface area (Å²) in [6.07, 6.45) is 7.17. The van der Waals surface area contributed by atoms with Crippen LogP contribution in [0.5, 0.6) is 0 Å². The summed E-state index contributed by atoms with van der Waals surface area (Å²) < 4.78 is 2.11. The van der Waals surface area contributed by atoms with Crippen LogP contribution in [0.3, 0.4) is 0 Å². The molecule has 1 unspecified atom stereocenters. The quantitative estimate of drug-likeness (QED) is 0.893. The standard InChI is InChI=1S/C15H19N3/c1-18-11-10-17-15(18)7-6-14-13-5-3-2-4-12(13)8-9-16-14/h2-5,10-11,14,16H,6-9H2,1H3. The molecule has 3 rings (SSSR count). The molecule has 0 amide bonds. The fourth-order valence-electron chi connectivity index (χ4n) is 2.76. The van der Waals surface area contributed by atoms with E-state index >= 15 is 0 Å². The maximum absolute atomic E-state index is 4.39. The van der Waals surface area contributed by atoms with Gasteiger partial charge in [0.15, 0.2) is 0 Å². The lowest BCUT2D eigenvalue weighted by atomic mass is 9.92. The summed E-state index contributed by atoms with van der Waals surface area (Å²) in [5.74, 6) is 1.17. The molecule has 1 aromatic carbocycles. The second-order valence-electron chi connectivity index (χ2n) is 4.95. The van der Waals surface area contributed by atoms with Crippen molar-refractivity contribution in [3.63, 3.8) is 0 Å². The van der Waals surface area contributed by atoms with Crippen molar-refractivity contribution in [2.75, 3.05) is 6.54 Å². The summed E-state index contributed by atoms with van der Waals surface area (Å²) in [5.41, 5.74) is 2.97. The second kappa shape index (κ2) is 4.94. The van der Waals surface area contributed by atoms with E-state index in [4.69, 9.17) is 0 Å². The van der Waals surface area contributed by atoms with Gasteiger partial charge < -0.3 is 9.88 Å². The Labute approximate surface area is 108 Å². The Morgan fingerprint density at radius 2 is 2.28 bits per heavy atom. The molecule has 1 aliphatic heterocycles. The molecule has 0 bridgehead atoms. The van der Waals surface area contributed by atoms with E-state index < -0.39 is 0 Å². The summed E-state index contributed by atoms with van der Waals surface area (Å²) in [5, 5.41) is 3.62. The first-order valence-corrected chi connectivity index (χ1v) is 6.62. The van der Waals surface area contributed by atoms with Crippen LogP contribution in [0.1, 0.15) is 29.4 Å². The predicted molar refractivity (Wildman–Crippen MR) is 72.4 cm³/mol. The van der Waals surface area contributed by atoms with E-state index in [9.17, 15) is 0 Å². The highest BCUT2D eigenvalue weighted by Crippen LogP contribution is 2.26. The Bertz CT molecular complexity index is 530. The van der Waals surface area contributed by atoms with Gasteiger partial charge >= 0.3 is 0 Å². The number of hydrogen-bond acceptors (Lipinski definition) is 2. The van der Waals surface area contributed by atoms with Gasteiger partial charge in [0.25, 0.3) is 0 Å². The smallest absolute Gasteiger partial charge is 0.108 e. The van der Waals surface area contributed by atoms with Crippen molar-refractivity contribution in [2.45, 2.75) is 25.3 Å². The molecule has 3 nitrogen and oxygen atoms in total. The van der Waals surface area contributed by atoms with Gasteiger partial charge in [0.05, 0.1) is 0 Å². The molecular weight excluding hydrogens is 222 g/mol. The number of imidazole rings is 1. The maximum atomic E-state index is 4.39. The average Bonchev–Trinajstić information content (AvgIpc) is 2.82. The number of nitrogens with zero attached hydrogens (tertiary/aromatic N) is 2. The Kier molecular flexibility index (Phi) is 3.15. The largest absolute Gasteiger partial charge is 0.338 e. The number of aromatic nitrogens is 2. The average molecular weight is 241 g/mol. The lowest BCUT2D eigenvalue weighted by Crippen LogP contribution is -2.30. The number of fused-ring (bicyclic) bond motifs is 1. The summed E-state index contributed by atoms with van der Waals surface area (Å²) in [6.45, 7) is 1.09. The minimum Gasteiger partial charge on any atom is -0.338 e. The molecule has 1 atom stereocenters. The third-order valence-corrected chi connectivity index (χ3v) is 3.79. The predicted octanol–water partition coefficient (Wildman–Crippen LogP) is 2.24. The number of nitrogens with one attached hydrogen (secondary N) is 1. The SMILES string of the molecule is Cn1ccnc1CCC1NCCc2ccccc21. The summed E-state index contributed by atoms with van der Waals surface area (Å²) in [6, 6.07) is 9.26. The summed E-state index contributed by atoms with van der Waals surface area (Å²) >= 11 is 0. The molecule has 0 spiro atoms. The van der Waals surface area contributed by atoms with Gasteiger partial charge in [-0.05, 0) is 30.5 Å². The zero-order valence-electron chi connectivity index (χ0n) is 10.8. The minimum atomic E-state index is 0.478. The molecule has 0 fully saturated rings. The van der Waals surface area contributed by atoms with Crippen LogP contribution in [0, 0.1) is 0 Å². The van der Waals surface area contributed by atoms with E-state index in [0.29, 0.717) is 6.04 Å². The van der Waals surface area contributed by atoms with Crippen LogP contribution in [0.4, 0.5) is 0 Å². The first-order chi connectivity index (χ1) is 8.84. The zero-order chi connectivity index (χ0) is 12.4. The van der Waals surface area contributed by atoms with Gasteiger partial charge in [-0.2, -0.15) is 0 Å². The van der Waals surface area contributed by atoms with Crippen molar-refractivity contribution in [1.29, 1.82) is 0 Å². The van der Waals surface area contributed by atoms with Crippen LogP contribution in [0.25, 0.3) is 0 Å². The number of benzene rings is 1. The Balaban J connectivity index is 1.73. The van der Waals surface area contributed by atoms with Crippen molar-refractivity contribution in [1.82, 2.24) is 14.9 Å². The molecule has 3 heteroatoms. The summed E-state index contributed by atoms with van der Waals surface area (Å²) in [4.78, 5) is 4.39. The molecule has 0 saturated carbocycles. The van der Waals surface area contributed by atoms with Crippen LogP contribution >= 0.6 is 0 Å². The van der Waals surface area contributed by atoms with E-state index in [2.05, 4.69) is 46.2 Å². The van der Waals surface area contributed by atoms with Crippen molar-refractivity contribution >= 4 is 0 Å². The topological polar surface area (TPSA) is 29.9 Å². The van der Waals surface area contributed by atoms with E-state index in [-0.39, 0.29) is 0 Å². The van der Waals surface area contributed by atoms with Crippen LogP contribution in [-0.4, -0.2) is 16.1 Å². The molecule has 94 valence electrons. The van der Waals surface area contributed by atoms with Crippen LogP contribution < -0.4 is 5.32 Å². The molecule has 2 aromatic rings. The van der Waals surface area contributed by atoms with E-state index in [0.717, 1.165) is 25.8 Å². The highest BCUT2D eigenvalue weighted by molar-refractivity contribution is 5.32. The molecule has 0 aliphatic carbocycles. The van der Waals surface area contributed by atoms with Crippen LogP contribution in [0.2, 0.25) is 0 Å². The number of hydrogen-bond donors (Lipinski definition) is 1.